The lowest BCUT2D eigenvalue weighted by Gasteiger charge is -2.10. The van der Waals surface area contributed by atoms with E-state index in [0.29, 0.717) is 22.2 Å². The van der Waals surface area contributed by atoms with Crippen LogP contribution in [0.2, 0.25) is 0 Å². The van der Waals surface area contributed by atoms with E-state index in [0.717, 1.165) is 10.2 Å². The number of fused-ring (bicyclic) bond motifs is 2. The fraction of sp³-hybridized carbons (Fsp3) is 0.0400. The summed E-state index contributed by atoms with van der Waals surface area (Å²) in [7, 11) is 1.58. The summed E-state index contributed by atoms with van der Waals surface area (Å²) >= 11 is 1.39. The molecule has 7 nitrogen and oxygen atoms in total. The molecule has 0 atom stereocenters. The van der Waals surface area contributed by atoms with Gasteiger partial charge in [0.1, 0.15) is 33.8 Å². The van der Waals surface area contributed by atoms with Crippen LogP contribution in [0.1, 0.15) is 10.6 Å². The van der Waals surface area contributed by atoms with Crippen LogP contribution in [0.25, 0.3) is 27.5 Å². The summed E-state index contributed by atoms with van der Waals surface area (Å²) in [5.74, 6) is 1.26. The summed E-state index contributed by atoms with van der Waals surface area (Å²) in [4.78, 5) is 22.4. The van der Waals surface area contributed by atoms with Gasteiger partial charge >= 0.3 is 0 Å². The Morgan fingerprint density at radius 3 is 2.55 bits per heavy atom. The van der Waals surface area contributed by atoms with Gasteiger partial charge in [-0.15, -0.1) is 11.3 Å². The minimum absolute atomic E-state index is 0.102. The quantitative estimate of drug-likeness (QED) is 0.342. The molecule has 3 heterocycles. The first kappa shape index (κ1) is 20.4. The van der Waals surface area contributed by atoms with Crippen molar-refractivity contribution in [2.45, 2.75) is 0 Å². The molecule has 8 heteroatoms. The lowest BCUT2D eigenvalue weighted by atomic mass is 10.2. The van der Waals surface area contributed by atoms with Crippen molar-refractivity contribution in [3.8, 4) is 23.4 Å². The summed E-state index contributed by atoms with van der Waals surface area (Å²) in [5.41, 5.74) is 1.29. The minimum atomic E-state index is -0.349. The van der Waals surface area contributed by atoms with E-state index >= 15 is 0 Å². The first-order valence-electron chi connectivity index (χ1n) is 9.97. The average molecular weight is 452 g/mol. The van der Waals surface area contributed by atoms with Crippen molar-refractivity contribution < 1.29 is 9.47 Å². The van der Waals surface area contributed by atoms with Gasteiger partial charge < -0.3 is 9.47 Å². The van der Waals surface area contributed by atoms with Crippen LogP contribution in [0.5, 0.6) is 17.4 Å². The highest BCUT2D eigenvalue weighted by Crippen LogP contribution is 2.30. The number of nitrogens with zero attached hydrogens (tertiary/aromatic N) is 4. The monoisotopic (exact) mass is 452 g/mol. The Bertz CT molecular complexity index is 1580. The zero-order valence-electron chi connectivity index (χ0n) is 17.4. The summed E-state index contributed by atoms with van der Waals surface area (Å²) in [5, 5.41) is 10.4. The van der Waals surface area contributed by atoms with Gasteiger partial charge in [-0.2, -0.15) is 10.2 Å². The number of hydrogen-bond acceptors (Lipinski definition) is 7. The van der Waals surface area contributed by atoms with E-state index in [1.807, 2.05) is 24.3 Å². The molecule has 0 bridgehead atoms. The van der Waals surface area contributed by atoms with Crippen molar-refractivity contribution >= 4 is 38.8 Å². The molecule has 0 fully saturated rings. The standard InChI is InChI=1S/C25H16N4O3S/c1-31-17-9-11-18(12-10-17)32-23-19(25(30)29-13-5-4-8-22(29)28-23)14-16(15-26)24-27-20-6-2-3-7-21(20)33-24/h2-14H,1H3. The van der Waals surface area contributed by atoms with Crippen molar-refractivity contribution in [1.82, 2.24) is 14.4 Å². The average Bonchev–Trinajstić information content (AvgIpc) is 3.28. The Morgan fingerprint density at radius 2 is 1.79 bits per heavy atom. The first-order valence-corrected chi connectivity index (χ1v) is 10.8. The highest BCUT2D eigenvalue weighted by Gasteiger charge is 2.17. The summed E-state index contributed by atoms with van der Waals surface area (Å²) in [6, 6.07) is 22.0. The van der Waals surface area contributed by atoms with Crippen LogP contribution >= 0.6 is 11.3 Å². The van der Waals surface area contributed by atoms with Gasteiger partial charge in [-0.3, -0.25) is 9.20 Å². The number of aromatic nitrogens is 3. The van der Waals surface area contributed by atoms with Crippen LogP contribution < -0.4 is 15.0 Å². The van der Waals surface area contributed by atoms with Crippen LogP contribution in [-0.2, 0) is 0 Å². The van der Waals surface area contributed by atoms with Crippen molar-refractivity contribution in [2.75, 3.05) is 7.11 Å². The maximum absolute atomic E-state index is 13.3. The summed E-state index contributed by atoms with van der Waals surface area (Å²) < 4.78 is 13.5. The second-order valence-electron chi connectivity index (χ2n) is 7.00. The summed E-state index contributed by atoms with van der Waals surface area (Å²) in [6.07, 6.45) is 3.12. The molecular weight excluding hydrogens is 436 g/mol. The maximum Gasteiger partial charge on any atom is 0.269 e. The third-order valence-corrected chi connectivity index (χ3v) is 6.01. The third-order valence-electron chi connectivity index (χ3n) is 4.94. The van der Waals surface area contributed by atoms with Crippen LogP contribution in [0.4, 0.5) is 0 Å². The molecule has 3 aromatic heterocycles. The Hall–Kier alpha value is -4.48. The fourth-order valence-corrected chi connectivity index (χ4v) is 4.24. The molecule has 0 saturated heterocycles. The summed E-state index contributed by atoms with van der Waals surface area (Å²) in [6.45, 7) is 0. The van der Waals surface area contributed by atoms with Gasteiger partial charge in [0.05, 0.1) is 22.9 Å². The predicted octanol–water partition coefficient (Wildman–Crippen LogP) is 5.17. The van der Waals surface area contributed by atoms with Gasteiger partial charge in [-0.25, -0.2) is 4.98 Å². The van der Waals surface area contributed by atoms with E-state index in [2.05, 4.69) is 16.0 Å². The molecule has 5 rings (SSSR count). The SMILES string of the molecule is COc1ccc(Oc2nc3ccccn3c(=O)c2C=C(C#N)c2nc3ccccc3s2)cc1. The number of pyridine rings is 1. The number of rotatable bonds is 5. The molecule has 0 saturated carbocycles. The molecular formula is C25H16N4O3S. The van der Waals surface area contributed by atoms with Crippen LogP contribution in [0.3, 0.4) is 0 Å². The Morgan fingerprint density at radius 1 is 1.03 bits per heavy atom. The Labute approximate surface area is 192 Å². The minimum Gasteiger partial charge on any atom is -0.497 e. The third kappa shape index (κ3) is 3.93. The zero-order chi connectivity index (χ0) is 22.8. The van der Waals surface area contributed by atoms with Gasteiger partial charge in [0.15, 0.2) is 0 Å². The highest BCUT2D eigenvalue weighted by atomic mass is 32.1. The Kier molecular flexibility index (Phi) is 5.30. The Balaban J connectivity index is 1.67. The van der Waals surface area contributed by atoms with Crippen molar-refractivity contribution in [1.29, 1.82) is 5.26 Å². The molecule has 0 amide bonds. The van der Waals surface area contributed by atoms with Gasteiger partial charge in [0.25, 0.3) is 5.56 Å². The van der Waals surface area contributed by atoms with Crippen molar-refractivity contribution in [3.05, 3.63) is 93.9 Å². The van der Waals surface area contributed by atoms with Gasteiger partial charge in [0, 0.05) is 6.20 Å². The second-order valence-corrected chi connectivity index (χ2v) is 8.03. The van der Waals surface area contributed by atoms with E-state index in [4.69, 9.17) is 9.47 Å². The van der Waals surface area contributed by atoms with E-state index in [1.54, 1.807) is 55.8 Å². The van der Waals surface area contributed by atoms with Crippen LogP contribution in [-0.4, -0.2) is 21.5 Å². The number of benzene rings is 2. The van der Waals surface area contributed by atoms with E-state index in [1.165, 1.54) is 21.8 Å². The number of para-hydroxylation sites is 1. The normalized spacial score (nSPS) is 11.5. The van der Waals surface area contributed by atoms with Crippen molar-refractivity contribution in [2.24, 2.45) is 0 Å². The number of thiazole rings is 1. The molecule has 0 aliphatic heterocycles. The van der Waals surface area contributed by atoms with E-state index in [-0.39, 0.29) is 22.6 Å². The van der Waals surface area contributed by atoms with Crippen LogP contribution in [0.15, 0.2) is 77.7 Å². The van der Waals surface area contributed by atoms with Crippen LogP contribution in [0, 0.1) is 11.3 Å². The molecule has 0 aliphatic carbocycles. The molecule has 0 aliphatic rings. The van der Waals surface area contributed by atoms with Gasteiger partial charge in [-0.05, 0) is 54.6 Å². The van der Waals surface area contributed by atoms with E-state index in [9.17, 15) is 10.1 Å². The lowest BCUT2D eigenvalue weighted by molar-refractivity contribution is 0.412. The first-order chi connectivity index (χ1) is 16.2. The lowest BCUT2D eigenvalue weighted by Crippen LogP contribution is -2.18. The highest BCUT2D eigenvalue weighted by molar-refractivity contribution is 7.19. The number of methoxy groups -OCH3 is 1. The predicted molar refractivity (Wildman–Crippen MR) is 128 cm³/mol. The number of nitriles is 1. The molecule has 2 aromatic carbocycles. The van der Waals surface area contributed by atoms with Gasteiger partial charge in [0.2, 0.25) is 5.88 Å². The second kappa shape index (κ2) is 8.57. The molecule has 0 spiro atoms. The number of ether oxygens (including phenoxy) is 2. The fourth-order valence-electron chi connectivity index (χ4n) is 3.31. The van der Waals surface area contributed by atoms with Gasteiger partial charge in [-0.1, -0.05) is 18.2 Å². The molecule has 0 radical (unpaired) electrons. The zero-order valence-corrected chi connectivity index (χ0v) is 18.2. The molecule has 0 N–H and O–H groups in total. The molecule has 5 aromatic rings. The van der Waals surface area contributed by atoms with Crippen molar-refractivity contribution in [3.63, 3.8) is 0 Å². The molecule has 0 unspecified atom stereocenters. The number of allylic oxidation sites excluding steroid dienone is 1. The maximum atomic E-state index is 13.3. The topological polar surface area (TPSA) is 89.5 Å². The van der Waals surface area contributed by atoms with E-state index < -0.39 is 0 Å². The molecule has 33 heavy (non-hydrogen) atoms. The molecule has 160 valence electrons. The largest absolute Gasteiger partial charge is 0.497 e. The smallest absolute Gasteiger partial charge is 0.269 e. The number of hydrogen-bond donors (Lipinski definition) is 0.